The number of aromatic nitrogens is 2. The van der Waals surface area contributed by atoms with Crippen LogP contribution in [0.4, 0.5) is 26.3 Å². The molecule has 24 nitrogen and oxygen atoms in total. The van der Waals surface area contributed by atoms with Crippen LogP contribution in [0.3, 0.4) is 0 Å². The third-order valence-electron chi connectivity index (χ3n) is 25.2. The minimum absolute atomic E-state index is 0.0189. The first kappa shape index (κ1) is 90.3. The highest BCUT2D eigenvalue weighted by atomic mass is 32.2. The number of allylic oxidation sites excluding steroid dienone is 4. The van der Waals surface area contributed by atoms with Gasteiger partial charge in [-0.15, -0.1) is 0 Å². The van der Waals surface area contributed by atoms with E-state index in [1.54, 1.807) is 76.5 Å². The molecule has 0 unspecified atom stereocenters. The zero-order valence-corrected chi connectivity index (χ0v) is 71.2. The Morgan fingerprint density at radius 2 is 0.898 bits per heavy atom. The lowest BCUT2D eigenvalue weighted by Crippen LogP contribution is -2.48. The Morgan fingerprint density at radius 3 is 1.23 bits per heavy atom. The van der Waals surface area contributed by atoms with E-state index in [9.17, 15) is 81.5 Å². The predicted octanol–water partition coefficient (Wildman–Crippen LogP) is 14.5. The van der Waals surface area contributed by atoms with Gasteiger partial charge in [0.1, 0.15) is 23.7 Å². The van der Waals surface area contributed by atoms with Gasteiger partial charge in [0.25, 0.3) is 0 Å². The Morgan fingerprint density at radius 1 is 0.542 bits per heavy atom. The zero-order chi connectivity index (χ0) is 86.6. The molecule has 14 atom stereocenters. The van der Waals surface area contributed by atoms with E-state index in [1.165, 1.54) is 9.80 Å². The highest BCUT2D eigenvalue weighted by molar-refractivity contribution is 7.92. The molecule has 2 aromatic heterocycles. The Balaban J connectivity index is 0.000000231. The van der Waals surface area contributed by atoms with Gasteiger partial charge in [0, 0.05) is 48.8 Å². The van der Waals surface area contributed by atoms with Gasteiger partial charge in [-0.2, -0.15) is 26.3 Å². The van der Waals surface area contributed by atoms with E-state index >= 15 is 0 Å². The number of ether oxygens (including phenoxy) is 6. The summed E-state index contributed by atoms with van der Waals surface area (Å²) in [5, 5.41) is 2.84. The first-order valence-electron chi connectivity index (χ1n) is 41.0. The molecule has 4 aromatic rings. The number of fused-ring (bicyclic) bond motifs is 6. The molecular formula is C86H112F6N6O18S2. The molecule has 0 radical (unpaired) electrons. The second kappa shape index (κ2) is 34.2. The number of rotatable bonds is 20. The summed E-state index contributed by atoms with van der Waals surface area (Å²) in [6.45, 7) is 21.0. The maximum Gasteiger partial charge on any atom is 0.427 e. The lowest BCUT2D eigenvalue weighted by Gasteiger charge is -2.33. The van der Waals surface area contributed by atoms with E-state index in [0.29, 0.717) is 86.5 Å². The Bertz CT molecular complexity index is 4500. The Labute approximate surface area is 686 Å². The Kier molecular flexibility index (Phi) is 26.2. The smallest absolute Gasteiger partial charge is 0.427 e. The third-order valence-corrected chi connectivity index (χ3v) is 29.5. The van der Waals surface area contributed by atoms with Crippen LogP contribution in [-0.2, 0) is 67.9 Å². The molecule has 118 heavy (non-hydrogen) atoms. The van der Waals surface area contributed by atoms with Gasteiger partial charge in [-0.05, 0) is 241 Å². The number of amides is 4. The number of carbonyl (C=O) groups excluding carboxylic acids is 8. The molecule has 2 N–H and O–H groups in total. The minimum atomic E-state index is -4.86. The van der Waals surface area contributed by atoms with Crippen LogP contribution in [0.2, 0.25) is 0 Å². The second-order valence-electron chi connectivity index (χ2n) is 36.5. The number of esters is 2. The number of Topliss-reactive ketones (excluding diaryl/α,β-unsaturated/α-hetero) is 2. The number of sulfonamides is 2. The lowest BCUT2D eigenvalue weighted by molar-refractivity contribution is -0.257. The van der Waals surface area contributed by atoms with Crippen molar-refractivity contribution in [2.75, 3.05) is 13.1 Å². The van der Waals surface area contributed by atoms with E-state index in [1.807, 2.05) is 78.0 Å². The molecule has 4 aliphatic heterocycles. The van der Waals surface area contributed by atoms with Crippen molar-refractivity contribution in [3.05, 3.63) is 85.2 Å². The van der Waals surface area contributed by atoms with Crippen LogP contribution in [0.25, 0.3) is 21.5 Å². The number of halogens is 6. The average Bonchev–Trinajstić information content (AvgIpc) is 1.57. The molecule has 12 rings (SSSR count). The van der Waals surface area contributed by atoms with Crippen molar-refractivity contribution in [3.63, 3.8) is 0 Å². The quantitative estimate of drug-likeness (QED) is 0.0472. The van der Waals surface area contributed by atoms with Gasteiger partial charge in [-0.1, -0.05) is 52.0 Å². The van der Waals surface area contributed by atoms with Crippen LogP contribution in [0, 0.1) is 58.2 Å². The van der Waals surface area contributed by atoms with E-state index in [4.69, 9.17) is 28.4 Å². The summed E-state index contributed by atoms with van der Waals surface area (Å²) in [6, 6.07) is 12.1. The number of ketones is 2. The maximum absolute atomic E-state index is 14.9. The fourth-order valence-electron chi connectivity index (χ4n) is 16.7. The van der Waals surface area contributed by atoms with Crippen molar-refractivity contribution < 1.29 is 110 Å². The normalized spacial score (nSPS) is 29.4. The van der Waals surface area contributed by atoms with Gasteiger partial charge < -0.3 is 38.2 Å². The number of hydrogen-bond donors (Lipinski definition) is 2. The van der Waals surface area contributed by atoms with Gasteiger partial charge in [-0.3, -0.25) is 47.8 Å². The minimum Gasteiger partial charge on any atom is -0.491 e. The van der Waals surface area contributed by atoms with E-state index < -0.39 is 184 Å². The van der Waals surface area contributed by atoms with Crippen LogP contribution in [-0.4, -0.2) is 166 Å². The molecule has 4 aliphatic carbocycles. The van der Waals surface area contributed by atoms with Gasteiger partial charge >= 0.3 is 24.3 Å². The van der Waals surface area contributed by atoms with Gasteiger partial charge in [-0.25, -0.2) is 26.8 Å². The van der Waals surface area contributed by atoms with E-state index in [0.717, 1.165) is 38.5 Å². The van der Waals surface area contributed by atoms with E-state index in [-0.39, 0.29) is 87.4 Å². The van der Waals surface area contributed by atoms with Crippen LogP contribution in [0.1, 0.15) is 213 Å². The largest absolute Gasteiger partial charge is 0.491 e. The molecule has 0 bridgehead atoms. The molecule has 6 fully saturated rings. The summed E-state index contributed by atoms with van der Waals surface area (Å²) in [5.41, 5.74) is -8.38. The number of benzene rings is 2. The molecule has 648 valence electrons. The lowest BCUT2D eigenvalue weighted by atomic mass is 9.82. The summed E-state index contributed by atoms with van der Waals surface area (Å²) >= 11 is 0. The van der Waals surface area contributed by atoms with Crippen molar-refractivity contribution in [1.29, 1.82) is 0 Å². The van der Waals surface area contributed by atoms with Crippen molar-refractivity contribution in [1.82, 2.24) is 29.2 Å². The molecule has 2 aromatic carbocycles. The monoisotopic (exact) mass is 1690 g/mol. The fourth-order valence-corrected chi connectivity index (χ4v) is 19.4. The average molecular weight is 1700 g/mol. The van der Waals surface area contributed by atoms with Gasteiger partial charge in [0.15, 0.2) is 11.6 Å². The van der Waals surface area contributed by atoms with Crippen LogP contribution < -0.4 is 28.4 Å². The molecule has 4 saturated carbocycles. The summed E-state index contributed by atoms with van der Waals surface area (Å²) < 4.78 is 172. The predicted molar refractivity (Wildman–Crippen MR) is 425 cm³/mol. The third kappa shape index (κ3) is 20.3. The zero-order valence-electron chi connectivity index (χ0n) is 69.5. The summed E-state index contributed by atoms with van der Waals surface area (Å²) in [7, 11) is -8.06. The summed E-state index contributed by atoms with van der Waals surface area (Å²) in [6.07, 6.45) is 2.63. The topological polar surface area (TPSA) is 317 Å². The van der Waals surface area contributed by atoms with Gasteiger partial charge in [0.05, 0.1) is 82.4 Å². The van der Waals surface area contributed by atoms with Crippen LogP contribution >= 0.6 is 0 Å². The summed E-state index contributed by atoms with van der Waals surface area (Å²) in [5.74, 6) is -8.56. The van der Waals surface area contributed by atoms with Crippen molar-refractivity contribution in [2.45, 2.75) is 282 Å². The number of nitrogens with zero attached hydrogens (tertiary/aromatic N) is 4. The molecule has 0 spiro atoms. The molecule has 4 amide bonds. The molecule has 8 aliphatic rings. The van der Waals surface area contributed by atoms with Crippen molar-refractivity contribution in [2.24, 2.45) is 58.2 Å². The first-order valence-corrected chi connectivity index (χ1v) is 44.0. The second-order valence-corrected chi connectivity index (χ2v) is 40.9. The molecule has 6 heterocycles. The fraction of sp³-hybridized carbons (Fsp3) is 0.651. The van der Waals surface area contributed by atoms with Crippen LogP contribution in [0.5, 0.6) is 23.3 Å². The Hall–Kier alpha value is -8.42. The molecular weight excluding hydrogens is 1580 g/mol. The van der Waals surface area contributed by atoms with Crippen molar-refractivity contribution in [3.8, 4) is 23.3 Å². The number of alkyl halides is 6. The standard InChI is InChI=1S/2C43H56F3N3O9S/c2*1-25(2)56-30-12-13-32-28(19-30)14-17-47-37(32)57-31-20-34-35(50)23-42(39(53)48-59(54,55)41(7)15-16-41)22-29(42)11-9-8-10-26(3)18-27(4)33(38(52)49(34)24-31)21-36(51)58-40(5,6)43(44,45)46/h2*9,11-14,17,19,25-27,29,31,33-34H,8,10,15-16,18,20-24H2,1-7H3,(H,48,53)/b2*11-9-/t26-,27+,29+,31+,33-,34-,42+;26-,27-,29-,31-,33+,34+,42-/m01/s1. The number of hydrogen-bond acceptors (Lipinski definition) is 20. The van der Waals surface area contributed by atoms with Gasteiger partial charge in [0.2, 0.25) is 66.6 Å². The van der Waals surface area contributed by atoms with E-state index in [2.05, 4.69) is 19.4 Å². The number of carbonyl (C=O) groups is 8. The highest BCUT2D eigenvalue weighted by Crippen LogP contribution is 2.60. The molecule has 2 saturated heterocycles. The molecule has 32 heteroatoms. The van der Waals surface area contributed by atoms with Crippen LogP contribution in [0.15, 0.2) is 85.2 Å². The maximum atomic E-state index is 14.9. The first-order chi connectivity index (χ1) is 54.9. The van der Waals surface area contributed by atoms with Crippen molar-refractivity contribution >= 4 is 88.7 Å². The SMILES string of the molecule is CC(C)Oc1ccc2c(O[C@@H]3C[C@H]4C(=O)C[C@]5(C(=O)NS(=O)(=O)C6(C)CC6)C[C@H]5/C=C\CC[C@@H](C)C[C@@H](C)[C@H](CC(=O)OC(C)(C)C(F)(F)F)C(=O)N4C3)nccc2c1.CC(C)Oc1ccc2c(O[C@@H]3C[C@H]4C(=O)C[C@]5(C(=O)NS(=O)(=O)C6(C)CC6)C[C@H]5/C=C\CC[C@H](C)C[C@@H](C)[C@H](CC(=O)OC(C)(C)C(F)(F)F)C(=O)N4C3)nccc2c1. The number of nitrogens with one attached hydrogen (secondary N) is 2. The summed E-state index contributed by atoms with van der Waals surface area (Å²) in [4.78, 5) is 125. The number of pyridine rings is 2. The highest BCUT2D eigenvalue weighted by Gasteiger charge is 2.65.